The van der Waals surface area contributed by atoms with Crippen LogP contribution in [0.4, 0.5) is 11.4 Å². The van der Waals surface area contributed by atoms with Crippen LogP contribution in [0.2, 0.25) is 0 Å². The maximum atomic E-state index is 13.3. The predicted molar refractivity (Wildman–Crippen MR) is 148 cm³/mol. The van der Waals surface area contributed by atoms with Crippen LogP contribution in [0.5, 0.6) is 0 Å². The van der Waals surface area contributed by atoms with E-state index in [1.54, 1.807) is 0 Å². The van der Waals surface area contributed by atoms with Gasteiger partial charge >= 0.3 is 0 Å². The van der Waals surface area contributed by atoms with Crippen LogP contribution >= 0.6 is 0 Å². The highest BCUT2D eigenvalue weighted by Gasteiger charge is 2.20. The molecule has 0 saturated carbocycles. The van der Waals surface area contributed by atoms with Gasteiger partial charge in [0.25, 0.3) is 11.8 Å². The zero-order valence-corrected chi connectivity index (χ0v) is 21.3. The molecule has 5 heteroatoms. The van der Waals surface area contributed by atoms with Gasteiger partial charge in [-0.15, -0.1) is 0 Å². The highest BCUT2D eigenvalue weighted by molar-refractivity contribution is 6.06. The molecular formula is C31H37N3O2. The fourth-order valence-corrected chi connectivity index (χ4v) is 4.67. The number of benzene rings is 3. The Bertz CT molecular complexity index is 1140. The number of piperidine rings is 1. The molecular weight excluding hydrogens is 446 g/mol. The van der Waals surface area contributed by atoms with Gasteiger partial charge < -0.3 is 15.5 Å². The van der Waals surface area contributed by atoms with E-state index in [1.165, 1.54) is 17.5 Å². The SMILES string of the molecule is CCCCc1ccc(C(=O)Nc2ccc(N3CCCCC3)c(C(=O)NCCc3ccccc3)c2)cc1. The third kappa shape index (κ3) is 6.97. The second-order valence-corrected chi connectivity index (χ2v) is 9.53. The van der Waals surface area contributed by atoms with E-state index < -0.39 is 0 Å². The van der Waals surface area contributed by atoms with E-state index in [2.05, 4.69) is 34.6 Å². The average Bonchev–Trinajstić information content (AvgIpc) is 2.93. The van der Waals surface area contributed by atoms with Gasteiger partial charge in [-0.25, -0.2) is 0 Å². The smallest absolute Gasteiger partial charge is 0.255 e. The lowest BCUT2D eigenvalue weighted by Gasteiger charge is -2.30. The number of amides is 2. The molecule has 2 N–H and O–H groups in total. The minimum Gasteiger partial charge on any atom is -0.371 e. The molecule has 1 aliphatic rings. The lowest BCUT2D eigenvalue weighted by atomic mass is 10.0. The molecule has 1 saturated heterocycles. The molecule has 1 heterocycles. The largest absolute Gasteiger partial charge is 0.371 e. The standard InChI is InChI=1S/C31H37N3O2/c1-2-3-10-25-13-15-26(16-14-25)30(35)33-27-17-18-29(34-21-8-5-9-22-34)28(23-27)31(36)32-20-19-24-11-6-4-7-12-24/h4,6-7,11-18,23H,2-3,5,8-10,19-22H2,1H3,(H,32,36)(H,33,35). The number of aryl methyl sites for hydroxylation is 1. The molecule has 188 valence electrons. The fraction of sp³-hybridized carbons (Fsp3) is 0.355. The van der Waals surface area contributed by atoms with Crippen molar-refractivity contribution in [3.05, 3.63) is 95.1 Å². The third-order valence-electron chi connectivity index (χ3n) is 6.77. The van der Waals surface area contributed by atoms with Crippen LogP contribution in [0.15, 0.2) is 72.8 Å². The van der Waals surface area contributed by atoms with Crippen molar-refractivity contribution in [3.8, 4) is 0 Å². The number of anilines is 2. The lowest BCUT2D eigenvalue weighted by Crippen LogP contribution is -2.33. The highest BCUT2D eigenvalue weighted by Crippen LogP contribution is 2.27. The summed E-state index contributed by atoms with van der Waals surface area (Å²) in [5, 5.41) is 6.07. The first-order valence-electron chi connectivity index (χ1n) is 13.3. The molecule has 0 aromatic heterocycles. The van der Waals surface area contributed by atoms with Crippen molar-refractivity contribution in [2.45, 2.75) is 51.9 Å². The van der Waals surface area contributed by atoms with Crippen LogP contribution < -0.4 is 15.5 Å². The fourth-order valence-electron chi connectivity index (χ4n) is 4.67. The Labute approximate surface area is 214 Å². The molecule has 5 nitrogen and oxygen atoms in total. The van der Waals surface area contributed by atoms with E-state index in [1.807, 2.05) is 60.7 Å². The van der Waals surface area contributed by atoms with Gasteiger partial charge in [-0.3, -0.25) is 9.59 Å². The maximum absolute atomic E-state index is 13.3. The van der Waals surface area contributed by atoms with Gasteiger partial charge in [0, 0.05) is 36.6 Å². The summed E-state index contributed by atoms with van der Waals surface area (Å²) in [5.41, 5.74) is 5.22. The summed E-state index contributed by atoms with van der Waals surface area (Å²) in [6.45, 7) is 4.63. The summed E-state index contributed by atoms with van der Waals surface area (Å²) in [5.74, 6) is -0.277. The summed E-state index contributed by atoms with van der Waals surface area (Å²) < 4.78 is 0. The van der Waals surface area contributed by atoms with E-state index in [0.717, 1.165) is 57.3 Å². The van der Waals surface area contributed by atoms with Crippen molar-refractivity contribution in [2.24, 2.45) is 0 Å². The lowest BCUT2D eigenvalue weighted by molar-refractivity contribution is 0.0953. The van der Waals surface area contributed by atoms with Crippen LogP contribution in [0, 0.1) is 0 Å². The van der Waals surface area contributed by atoms with Gasteiger partial charge in [0.15, 0.2) is 0 Å². The van der Waals surface area contributed by atoms with Crippen LogP contribution in [0.3, 0.4) is 0 Å². The van der Waals surface area contributed by atoms with E-state index in [9.17, 15) is 9.59 Å². The van der Waals surface area contributed by atoms with Gasteiger partial charge in [0.1, 0.15) is 0 Å². The first-order valence-corrected chi connectivity index (χ1v) is 13.3. The van der Waals surface area contributed by atoms with Crippen LogP contribution in [-0.4, -0.2) is 31.4 Å². The van der Waals surface area contributed by atoms with Crippen molar-refractivity contribution in [1.29, 1.82) is 0 Å². The molecule has 3 aromatic carbocycles. The minimum absolute atomic E-state index is 0.108. The summed E-state index contributed by atoms with van der Waals surface area (Å²) in [6.07, 6.45) is 7.57. The Kier molecular flexibility index (Phi) is 9.15. The number of hydrogen-bond donors (Lipinski definition) is 2. The van der Waals surface area contributed by atoms with Crippen molar-refractivity contribution in [1.82, 2.24) is 5.32 Å². The van der Waals surface area contributed by atoms with Gasteiger partial charge in [-0.2, -0.15) is 0 Å². The molecule has 1 fully saturated rings. The Balaban J connectivity index is 1.47. The first kappa shape index (κ1) is 25.5. The van der Waals surface area contributed by atoms with Crippen LogP contribution in [-0.2, 0) is 12.8 Å². The van der Waals surface area contributed by atoms with Crippen LogP contribution in [0.25, 0.3) is 0 Å². The molecule has 0 bridgehead atoms. The molecule has 2 amide bonds. The zero-order valence-electron chi connectivity index (χ0n) is 21.3. The monoisotopic (exact) mass is 483 g/mol. The second kappa shape index (κ2) is 12.9. The number of carbonyl (C=O) groups is 2. The van der Waals surface area contributed by atoms with Crippen molar-refractivity contribution in [2.75, 3.05) is 29.9 Å². The Morgan fingerprint density at radius 1 is 0.806 bits per heavy atom. The number of rotatable bonds is 10. The molecule has 0 spiro atoms. The molecule has 0 atom stereocenters. The molecule has 36 heavy (non-hydrogen) atoms. The normalized spacial score (nSPS) is 13.3. The highest BCUT2D eigenvalue weighted by atomic mass is 16.2. The van der Waals surface area contributed by atoms with E-state index in [-0.39, 0.29) is 11.8 Å². The molecule has 0 aliphatic carbocycles. The molecule has 0 radical (unpaired) electrons. The summed E-state index contributed by atoms with van der Waals surface area (Å²) >= 11 is 0. The Hall–Kier alpha value is -3.60. The predicted octanol–water partition coefficient (Wildman–Crippen LogP) is 6.24. The van der Waals surface area contributed by atoms with E-state index in [4.69, 9.17) is 0 Å². The van der Waals surface area contributed by atoms with Crippen molar-refractivity contribution in [3.63, 3.8) is 0 Å². The molecule has 4 rings (SSSR count). The number of unbranched alkanes of at least 4 members (excludes halogenated alkanes) is 1. The van der Waals surface area contributed by atoms with Gasteiger partial charge in [0.05, 0.1) is 5.56 Å². The number of carbonyl (C=O) groups excluding carboxylic acids is 2. The summed E-state index contributed by atoms with van der Waals surface area (Å²) in [4.78, 5) is 28.5. The third-order valence-corrected chi connectivity index (χ3v) is 6.77. The zero-order chi connectivity index (χ0) is 25.2. The van der Waals surface area contributed by atoms with Crippen molar-refractivity contribution >= 4 is 23.2 Å². The maximum Gasteiger partial charge on any atom is 0.255 e. The van der Waals surface area contributed by atoms with E-state index >= 15 is 0 Å². The van der Waals surface area contributed by atoms with E-state index in [0.29, 0.717) is 23.4 Å². The van der Waals surface area contributed by atoms with Crippen molar-refractivity contribution < 1.29 is 9.59 Å². The molecule has 3 aromatic rings. The second-order valence-electron chi connectivity index (χ2n) is 9.53. The number of hydrogen-bond acceptors (Lipinski definition) is 3. The Morgan fingerprint density at radius 2 is 1.53 bits per heavy atom. The molecule has 1 aliphatic heterocycles. The quantitative estimate of drug-likeness (QED) is 0.359. The number of nitrogens with zero attached hydrogens (tertiary/aromatic N) is 1. The minimum atomic E-state index is -0.168. The Morgan fingerprint density at radius 3 is 2.25 bits per heavy atom. The van der Waals surface area contributed by atoms with Crippen LogP contribution in [0.1, 0.15) is 70.9 Å². The number of nitrogens with one attached hydrogen (secondary N) is 2. The average molecular weight is 484 g/mol. The summed E-state index contributed by atoms with van der Waals surface area (Å²) in [6, 6.07) is 23.6. The van der Waals surface area contributed by atoms with Gasteiger partial charge in [-0.1, -0.05) is 55.8 Å². The van der Waals surface area contributed by atoms with Gasteiger partial charge in [-0.05, 0) is 80.0 Å². The summed E-state index contributed by atoms with van der Waals surface area (Å²) in [7, 11) is 0. The first-order chi connectivity index (χ1) is 17.6. The molecule has 0 unspecified atom stereocenters. The van der Waals surface area contributed by atoms with Gasteiger partial charge in [0.2, 0.25) is 0 Å². The topological polar surface area (TPSA) is 61.4 Å².